The van der Waals surface area contributed by atoms with Gasteiger partial charge in [-0.3, -0.25) is 4.18 Å². The third-order valence-electron chi connectivity index (χ3n) is 7.38. The molecule has 1 fully saturated rings. The minimum absolute atomic E-state index is 0.0174. The van der Waals surface area contributed by atoms with E-state index in [1.165, 1.54) is 0 Å². The first-order valence-corrected chi connectivity index (χ1v) is 16.3. The van der Waals surface area contributed by atoms with E-state index in [4.69, 9.17) is 23.7 Å². The summed E-state index contributed by atoms with van der Waals surface area (Å²) in [6.07, 6.45) is -5.68. The molecule has 0 spiro atoms. The molecule has 8 nitrogen and oxygen atoms in total. The molecule has 0 unspecified atom stereocenters. The molecular formula is C35H35F3O8S. The standard InChI is InChI=1S/C35H35F3O8S/c36-35(37,38)47(39,40)45-25-30-31(41-21-26-13-5-1-6-14-26)32(42-22-27-15-7-2-8-16-27)33(43-23-28-17-9-3-10-18-28)34(46-30)44-24-29-19-11-4-12-20-29/h1-20,30-34H,21-25H2/t30-,31-,32+,33+,34+/m1/s1. The third-order valence-corrected chi connectivity index (χ3v) is 8.39. The minimum atomic E-state index is -5.94. The van der Waals surface area contributed by atoms with Crippen molar-refractivity contribution in [3.05, 3.63) is 144 Å². The molecule has 1 aliphatic heterocycles. The van der Waals surface area contributed by atoms with Crippen LogP contribution in [0, 0.1) is 0 Å². The summed E-state index contributed by atoms with van der Waals surface area (Å²) in [7, 11) is -5.94. The molecule has 0 bridgehead atoms. The van der Waals surface area contributed by atoms with Gasteiger partial charge in [-0.25, -0.2) is 0 Å². The Morgan fingerprint density at radius 3 is 1.30 bits per heavy atom. The van der Waals surface area contributed by atoms with E-state index in [0.717, 1.165) is 22.3 Å². The zero-order chi connectivity index (χ0) is 33.1. The Morgan fingerprint density at radius 2 is 0.894 bits per heavy atom. The highest BCUT2D eigenvalue weighted by molar-refractivity contribution is 7.87. The first-order valence-electron chi connectivity index (χ1n) is 14.9. The second kappa shape index (κ2) is 16.5. The predicted molar refractivity (Wildman–Crippen MR) is 166 cm³/mol. The maximum Gasteiger partial charge on any atom is 0.523 e. The number of ether oxygens (including phenoxy) is 5. The molecule has 250 valence electrons. The number of hydrogen-bond donors (Lipinski definition) is 0. The lowest BCUT2D eigenvalue weighted by atomic mass is 9.97. The maximum atomic E-state index is 13.3. The lowest BCUT2D eigenvalue weighted by Crippen LogP contribution is -2.62. The van der Waals surface area contributed by atoms with E-state index < -0.39 is 52.9 Å². The Kier molecular flexibility index (Phi) is 12.2. The quantitative estimate of drug-likeness (QED) is 0.104. The van der Waals surface area contributed by atoms with Crippen molar-refractivity contribution in [3.8, 4) is 0 Å². The van der Waals surface area contributed by atoms with E-state index >= 15 is 0 Å². The van der Waals surface area contributed by atoms with Crippen LogP contribution >= 0.6 is 0 Å². The molecule has 5 rings (SSSR count). The van der Waals surface area contributed by atoms with Crippen LogP contribution in [0.5, 0.6) is 0 Å². The van der Waals surface area contributed by atoms with Crippen LogP contribution in [0.4, 0.5) is 13.2 Å². The summed E-state index contributed by atoms with van der Waals surface area (Å²) in [5, 5.41) is 0. The van der Waals surface area contributed by atoms with Crippen LogP contribution in [0.25, 0.3) is 0 Å². The number of alkyl halides is 3. The van der Waals surface area contributed by atoms with Crippen molar-refractivity contribution >= 4 is 10.1 Å². The van der Waals surface area contributed by atoms with Crippen LogP contribution in [-0.2, 0) is 64.4 Å². The van der Waals surface area contributed by atoms with E-state index in [-0.39, 0.29) is 26.4 Å². The average molecular weight is 673 g/mol. The number of hydrogen-bond acceptors (Lipinski definition) is 8. The van der Waals surface area contributed by atoms with Gasteiger partial charge in [0.1, 0.15) is 24.4 Å². The highest BCUT2D eigenvalue weighted by Crippen LogP contribution is 2.33. The van der Waals surface area contributed by atoms with Crippen LogP contribution in [-0.4, -0.2) is 51.2 Å². The van der Waals surface area contributed by atoms with Crippen molar-refractivity contribution in [2.45, 2.75) is 62.6 Å². The SMILES string of the molecule is O=S(=O)(OC[C@H]1O[C@H](OCc2ccccc2)[C@@H](OCc2ccccc2)[C@@H](OCc2ccccc2)[C@@H]1OCc1ccccc1)C(F)(F)F. The molecule has 12 heteroatoms. The van der Waals surface area contributed by atoms with E-state index in [1.54, 1.807) is 0 Å². The van der Waals surface area contributed by atoms with Gasteiger partial charge in [-0.2, -0.15) is 21.6 Å². The summed E-state index contributed by atoms with van der Waals surface area (Å²) < 4.78 is 99.8. The molecule has 5 atom stereocenters. The predicted octanol–water partition coefficient (Wildman–Crippen LogP) is 6.55. The lowest BCUT2D eigenvalue weighted by molar-refractivity contribution is -0.328. The van der Waals surface area contributed by atoms with Crippen molar-refractivity contribution in [2.24, 2.45) is 0 Å². The summed E-state index contributed by atoms with van der Waals surface area (Å²) in [5.74, 6) is 0. The number of halogens is 3. The van der Waals surface area contributed by atoms with E-state index in [2.05, 4.69) is 4.18 Å². The fourth-order valence-corrected chi connectivity index (χ4v) is 5.44. The van der Waals surface area contributed by atoms with Gasteiger partial charge < -0.3 is 23.7 Å². The highest BCUT2D eigenvalue weighted by Gasteiger charge is 2.52. The Labute approximate surface area is 272 Å². The molecule has 1 aliphatic rings. The molecule has 0 radical (unpaired) electrons. The average Bonchev–Trinajstić information content (AvgIpc) is 3.09. The largest absolute Gasteiger partial charge is 0.523 e. The van der Waals surface area contributed by atoms with Crippen LogP contribution < -0.4 is 0 Å². The molecule has 0 aliphatic carbocycles. The van der Waals surface area contributed by atoms with Gasteiger partial charge in [-0.1, -0.05) is 121 Å². The number of rotatable bonds is 15. The van der Waals surface area contributed by atoms with Crippen molar-refractivity contribution in [2.75, 3.05) is 6.61 Å². The molecule has 1 heterocycles. The Hall–Kier alpha value is -3.62. The van der Waals surface area contributed by atoms with Gasteiger partial charge in [0.2, 0.25) is 0 Å². The molecular weight excluding hydrogens is 637 g/mol. The molecule has 1 saturated heterocycles. The summed E-state index contributed by atoms with van der Waals surface area (Å²) in [4.78, 5) is 0. The molecule has 0 N–H and O–H groups in total. The first kappa shape index (κ1) is 34.7. The topological polar surface area (TPSA) is 89.5 Å². The maximum absolute atomic E-state index is 13.3. The van der Waals surface area contributed by atoms with Gasteiger partial charge in [0.15, 0.2) is 6.29 Å². The smallest absolute Gasteiger partial charge is 0.368 e. The first-order chi connectivity index (χ1) is 22.7. The lowest BCUT2D eigenvalue weighted by Gasteiger charge is -2.45. The van der Waals surface area contributed by atoms with Crippen molar-refractivity contribution < 1.29 is 49.5 Å². The van der Waals surface area contributed by atoms with Gasteiger partial charge in [-0.05, 0) is 22.3 Å². The van der Waals surface area contributed by atoms with Crippen molar-refractivity contribution in [3.63, 3.8) is 0 Å². The molecule has 0 saturated carbocycles. The molecule has 4 aromatic carbocycles. The minimum Gasteiger partial charge on any atom is -0.368 e. The fourth-order valence-electron chi connectivity index (χ4n) is 4.99. The summed E-state index contributed by atoms with van der Waals surface area (Å²) in [6.45, 7) is -0.722. The van der Waals surface area contributed by atoms with Gasteiger partial charge >= 0.3 is 15.6 Å². The van der Waals surface area contributed by atoms with Crippen LogP contribution in [0.15, 0.2) is 121 Å². The summed E-state index contributed by atoms with van der Waals surface area (Å²) in [6, 6.07) is 36.9. The van der Waals surface area contributed by atoms with Crippen LogP contribution in [0.3, 0.4) is 0 Å². The van der Waals surface area contributed by atoms with Crippen molar-refractivity contribution in [1.29, 1.82) is 0 Å². The molecule has 0 aromatic heterocycles. The van der Waals surface area contributed by atoms with Crippen LogP contribution in [0.1, 0.15) is 22.3 Å². The Balaban J connectivity index is 1.49. The molecule has 0 amide bonds. The second-order valence-corrected chi connectivity index (χ2v) is 12.4. The number of benzene rings is 4. The monoisotopic (exact) mass is 672 g/mol. The summed E-state index contributed by atoms with van der Waals surface area (Å²) >= 11 is 0. The zero-order valence-electron chi connectivity index (χ0n) is 25.3. The Morgan fingerprint density at radius 1 is 0.532 bits per heavy atom. The normalized spacial score (nSPS) is 21.8. The Bertz CT molecular complexity index is 1590. The fraction of sp³-hybridized carbons (Fsp3) is 0.314. The highest BCUT2D eigenvalue weighted by atomic mass is 32.2. The molecule has 47 heavy (non-hydrogen) atoms. The zero-order valence-corrected chi connectivity index (χ0v) is 26.1. The van der Waals surface area contributed by atoms with Gasteiger partial charge in [0.05, 0.1) is 33.0 Å². The third kappa shape index (κ3) is 9.94. The van der Waals surface area contributed by atoms with Crippen molar-refractivity contribution in [1.82, 2.24) is 0 Å². The van der Waals surface area contributed by atoms with E-state index in [1.807, 2.05) is 121 Å². The van der Waals surface area contributed by atoms with Gasteiger partial charge in [-0.15, -0.1) is 0 Å². The summed E-state index contributed by atoms with van der Waals surface area (Å²) in [5.41, 5.74) is -2.40. The van der Waals surface area contributed by atoms with Gasteiger partial charge in [0, 0.05) is 0 Å². The molecule has 4 aromatic rings. The second-order valence-electron chi connectivity index (χ2n) is 10.8. The van der Waals surface area contributed by atoms with Crippen LogP contribution in [0.2, 0.25) is 0 Å². The van der Waals surface area contributed by atoms with E-state index in [9.17, 15) is 21.6 Å². The van der Waals surface area contributed by atoms with Gasteiger partial charge in [0.25, 0.3) is 0 Å². The van der Waals surface area contributed by atoms with E-state index in [0.29, 0.717) is 0 Å².